The topological polar surface area (TPSA) is 111 Å². The second kappa shape index (κ2) is 8.81. The summed E-state index contributed by atoms with van der Waals surface area (Å²) in [6.07, 6.45) is 1.47. The number of benzene rings is 1. The van der Waals surface area contributed by atoms with E-state index in [0.29, 0.717) is 25.5 Å². The van der Waals surface area contributed by atoms with Gasteiger partial charge in [-0.15, -0.1) is 0 Å². The second-order valence-corrected chi connectivity index (χ2v) is 8.47. The molecule has 1 unspecified atom stereocenters. The number of amides is 1. The van der Waals surface area contributed by atoms with Crippen molar-refractivity contribution in [3.63, 3.8) is 0 Å². The summed E-state index contributed by atoms with van der Waals surface area (Å²) in [4.78, 5) is 12.5. The third kappa shape index (κ3) is 4.73. The fourth-order valence-corrected chi connectivity index (χ4v) is 3.82. The molecule has 3 N–H and O–H groups in total. The summed E-state index contributed by atoms with van der Waals surface area (Å²) in [6.45, 7) is 3.30. The third-order valence-electron chi connectivity index (χ3n) is 4.35. The van der Waals surface area contributed by atoms with Gasteiger partial charge >= 0.3 is 0 Å². The number of rotatable bonds is 7. The SMILES string of the molecule is CCOc1ccc(NC(=O)C(N)C2CCOCC2)cc1S(=O)(=O)N(C)C. The number of nitrogens with zero attached hydrogens (tertiary/aromatic N) is 1. The van der Waals surface area contributed by atoms with E-state index >= 15 is 0 Å². The van der Waals surface area contributed by atoms with Crippen LogP contribution in [0.25, 0.3) is 0 Å². The van der Waals surface area contributed by atoms with Crippen molar-refractivity contribution in [3.8, 4) is 5.75 Å². The van der Waals surface area contributed by atoms with Crippen LogP contribution in [0.4, 0.5) is 5.69 Å². The van der Waals surface area contributed by atoms with Crippen LogP contribution in [-0.4, -0.2) is 58.6 Å². The van der Waals surface area contributed by atoms with Gasteiger partial charge in [0, 0.05) is 33.0 Å². The molecule has 0 spiro atoms. The van der Waals surface area contributed by atoms with Crippen molar-refractivity contribution in [1.82, 2.24) is 4.31 Å². The molecule has 1 fully saturated rings. The van der Waals surface area contributed by atoms with Crippen LogP contribution in [-0.2, 0) is 19.6 Å². The van der Waals surface area contributed by atoms with Gasteiger partial charge in [0.25, 0.3) is 0 Å². The Balaban J connectivity index is 2.23. The summed E-state index contributed by atoms with van der Waals surface area (Å²) in [5, 5.41) is 2.72. The van der Waals surface area contributed by atoms with Crippen LogP contribution in [0, 0.1) is 5.92 Å². The summed E-state index contributed by atoms with van der Waals surface area (Å²) < 4.78 is 36.9. The molecule has 1 atom stereocenters. The van der Waals surface area contributed by atoms with Gasteiger partial charge < -0.3 is 20.5 Å². The lowest BCUT2D eigenvalue weighted by Gasteiger charge is -2.26. The van der Waals surface area contributed by atoms with E-state index in [1.165, 1.54) is 26.2 Å². The predicted molar refractivity (Wildman–Crippen MR) is 98.6 cm³/mol. The number of hydrogen-bond donors (Lipinski definition) is 2. The van der Waals surface area contributed by atoms with Gasteiger partial charge in [0.05, 0.1) is 12.6 Å². The standard InChI is InChI=1S/C17H27N3O5S/c1-4-25-14-6-5-13(11-15(14)26(22,23)20(2)3)19-17(21)16(18)12-7-9-24-10-8-12/h5-6,11-12,16H,4,7-10,18H2,1-3H3,(H,19,21). The molecule has 1 aromatic carbocycles. The monoisotopic (exact) mass is 385 g/mol. The molecule has 146 valence electrons. The van der Waals surface area contributed by atoms with Gasteiger partial charge in [0.15, 0.2) is 0 Å². The lowest BCUT2D eigenvalue weighted by molar-refractivity contribution is -0.119. The summed E-state index contributed by atoms with van der Waals surface area (Å²) in [6, 6.07) is 3.87. The van der Waals surface area contributed by atoms with Crippen molar-refractivity contribution in [2.24, 2.45) is 11.7 Å². The van der Waals surface area contributed by atoms with Gasteiger partial charge in [0.1, 0.15) is 10.6 Å². The molecular formula is C17H27N3O5S. The molecule has 1 aliphatic rings. The fraction of sp³-hybridized carbons (Fsp3) is 0.588. The Bertz CT molecular complexity index is 730. The van der Waals surface area contributed by atoms with Crippen molar-refractivity contribution in [1.29, 1.82) is 0 Å². The van der Waals surface area contributed by atoms with Crippen LogP contribution in [0.3, 0.4) is 0 Å². The first-order valence-electron chi connectivity index (χ1n) is 8.61. The molecule has 1 aliphatic heterocycles. The van der Waals surface area contributed by atoms with E-state index in [0.717, 1.165) is 17.1 Å². The second-order valence-electron chi connectivity index (χ2n) is 6.35. The lowest BCUT2D eigenvalue weighted by Crippen LogP contribution is -2.44. The summed E-state index contributed by atoms with van der Waals surface area (Å²) in [7, 11) is -0.836. The van der Waals surface area contributed by atoms with Crippen LogP contribution in [0.15, 0.2) is 23.1 Å². The van der Waals surface area contributed by atoms with E-state index in [4.69, 9.17) is 15.2 Å². The summed E-state index contributed by atoms with van der Waals surface area (Å²) in [5.74, 6) is -0.0430. The highest BCUT2D eigenvalue weighted by Crippen LogP contribution is 2.29. The Morgan fingerprint density at radius 2 is 2.04 bits per heavy atom. The summed E-state index contributed by atoms with van der Waals surface area (Å²) in [5.41, 5.74) is 6.43. The first-order chi connectivity index (χ1) is 12.3. The molecule has 0 aromatic heterocycles. The Hall–Kier alpha value is -1.68. The van der Waals surface area contributed by atoms with E-state index in [-0.39, 0.29) is 22.5 Å². The molecule has 0 bridgehead atoms. The zero-order chi connectivity index (χ0) is 19.3. The maximum absolute atomic E-state index is 12.5. The van der Waals surface area contributed by atoms with E-state index in [1.807, 2.05) is 0 Å². The molecule has 1 amide bonds. The van der Waals surface area contributed by atoms with Crippen molar-refractivity contribution in [3.05, 3.63) is 18.2 Å². The minimum Gasteiger partial charge on any atom is -0.492 e. The smallest absolute Gasteiger partial charge is 0.246 e. The minimum absolute atomic E-state index is 0.00166. The highest BCUT2D eigenvalue weighted by molar-refractivity contribution is 7.89. The largest absolute Gasteiger partial charge is 0.492 e. The molecule has 0 radical (unpaired) electrons. The minimum atomic E-state index is -3.72. The van der Waals surface area contributed by atoms with E-state index in [9.17, 15) is 13.2 Å². The molecule has 1 heterocycles. The number of carbonyl (C=O) groups is 1. The number of nitrogens with two attached hydrogens (primary N) is 1. The zero-order valence-electron chi connectivity index (χ0n) is 15.4. The van der Waals surface area contributed by atoms with Crippen LogP contribution in [0.5, 0.6) is 5.75 Å². The predicted octanol–water partition coefficient (Wildman–Crippen LogP) is 1.03. The zero-order valence-corrected chi connectivity index (χ0v) is 16.2. The van der Waals surface area contributed by atoms with Gasteiger partial charge in [-0.05, 0) is 43.9 Å². The molecule has 1 aromatic rings. The lowest BCUT2D eigenvalue weighted by atomic mass is 9.92. The molecule has 0 aliphatic carbocycles. The third-order valence-corrected chi connectivity index (χ3v) is 6.18. The number of anilines is 1. The number of carbonyl (C=O) groups excluding carboxylic acids is 1. The average molecular weight is 385 g/mol. The molecule has 1 saturated heterocycles. The number of nitrogens with one attached hydrogen (secondary N) is 1. The normalized spacial score (nSPS) is 17.1. The molecule has 9 heteroatoms. The fourth-order valence-electron chi connectivity index (χ4n) is 2.77. The van der Waals surface area contributed by atoms with Gasteiger partial charge in [-0.2, -0.15) is 0 Å². The van der Waals surface area contributed by atoms with Crippen molar-refractivity contribution < 1.29 is 22.7 Å². The maximum Gasteiger partial charge on any atom is 0.246 e. The van der Waals surface area contributed by atoms with Crippen LogP contribution in [0.1, 0.15) is 19.8 Å². The molecule has 0 saturated carbocycles. The quantitative estimate of drug-likeness (QED) is 0.725. The highest BCUT2D eigenvalue weighted by Gasteiger charge is 2.28. The first kappa shape index (κ1) is 20.6. The highest BCUT2D eigenvalue weighted by atomic mass is 32.2. The van der Waals surface area contributed by atoms with Gasteiger partial charge in [-0.3, -0.25) is 4.79 Å². The Labute approximate surface area is 154 Å². The van der Waals surface area contributed by atoms with Gasteiger partial charge in [-0.1, -0.05) is 0 Å². The number of hydrogen-bond acceptors (Lipinski definition) is 6. The first-order valence-corrected chi connectivity index (χ1v) is 10.0. The van der Waals surface area contributed by atoms with Crippen LogP contribution in [0.2, 0.25) is 0 Å². The van der Waals surface area contributed by atoms with E-state index in [2.05, 4.69) is 5.32 Å². The van der Waals surface area contributed by atoms with Crippen molar-refractivity contribution in [2.75, 3.05) is 39.2 Å². The van der Waals surface area contributed by atoms with Gasteiger partial charge in [-0.25, -0.2) is 12.7 Å². The molecular weight excluding hydrogens is 358 g/mol. The average Bonchev–Trinajstić information content (AvgIpc) is 2.63. The number of sulfonamides is 1. The van der Waals surface area contributed by atoms with E-state index in [1.54, 1.807) is 13.0 Å². The molecule has 2 rings (SSSR count). The Morgan fingerprint density at radius 1 is 1.38 bits per heavy atom. The maximum atomic E-state index is 12.5. The Kier molecular flexibility index (Phi) is 6.99. The Morgan fingerprint density at radius 3 is 2.62 bits per heavy atom. The van der Waals surface area contributed by atoms with Gasteiger partial charge in [0.2, 0.25) is 15.9 Å². The van der Waals surface area contributed by atoms with Crippen molar-refractivity contribution >= 4 is 21.6 Å². The molecule has 26 heavy (non-hydrogen) atoms. The van der Waals surface area contributed by atoms with E-state index < -0.39 is 16.1 Å². The number of ether oxygens (including phenoxy) is 2. The van der Waals surface area contributed by atoms with Crippen LogP contribution < -0.4 is 15.8 Å². The van der Waals surface area contributed by atoms with Crippen LogP contribution >= 0.6 is 0 Å². The summed E-state index contributed by atoms with van der Waals surface area (Å²) >= 11 is 0. The molecule has 8 nitrogen and oxygen atoms in total. The van der Waals surface area contributed by atoms with Crippen molar-refractivity contribution in [2.45, 2.75) is 30.7 Å².